The minimum atomic E-state index is 0.581. The number of allylic oxidation sites excluding steroid dienone is 1. The van der Waals surface area contributed by atoms with E-state index in [-0.39, 0.29) is 0 Å². The Bertz CT molecular complexity index is 291. The van der Waals surface area contributed by atoms with Gasteiger partial charge in [-0.3, -0.25) is 4.68 Å². The SMILES string of the molecule is C=CCCC(CC)NCc1ccnn1C. The normalized spacial score (nSPS) is 12.7. The first-order valence-corrected chi connectivity index (χ1v) is 5.59. The minimum Gasteiger partial charge on any atom is -0.308 e. The van der Waals surface area contributed by atoms with Crippen LogP contribution in [-0.4, -0.2) is 15.8 Å². The molecule has 0 aromatic carbocycles. The highest BCUT2D eigenvalue weighted by atomic mass is 15.3. The second-order valence-electron chi connectivity index (χ2n) is 3.80. The lowest BCUT2D eigenvalue weighted by atomic mass is 10.1. The molecule has 1 heterocycles. The summed E-state index contributed by atoms with van der Waals surface area (Å²) in [5, 5.41) is 7.68. The maximum Gasteiger partial charge on any atom is 0.0518 e. The monoisotopic (exact) mass is 207 g/mol. The van der Waals surface area contributed by atoms with Crippen LogP contribution in [-0.2, 0) is 13.6 Å². The van der Waals surface area contributed by atoms with Crippen molar-refractivity contribution in [3.05, 3.63) is 30.6 Å². The van der Waals surface area contributed by atoms with Gasteiger partial charge in [0.15, 0.2) is 0 Å². The van der Waals surface area contributed by atoms with Crippen molar-refractivity contribution < 1.29 is 0 Å². The Morgan fingerprint density at radius 3 is 3.00 bits per heavy atom. The van der Waals surface area contributed by atoms with E-state index in [1.54, 1.807) is 0 Å². The molecule has 1 atom stereocenters. The lowest BCUT2D eigenvalue weighted by molar-refractivity contribution is 0.460. The molecule has 1 aromatic heterocycles. The van der Waals surface area contributed by atoms with Gasteiger partial charge in [-0.15, -0.1) is 6.58 Å². The first kappa shape index (κ1) is 12.0. The Hall–Kier alpha value is -1.09. The fraction of sp³-hybridized carbons (Fsp3) is 0.583. The number of aromatic nitrogens is 2. The number of aryl methyl sites for hydroxylation is 1. The average Bonchev–Trinajstić information content (AvgIpc) is 2.65. The minimum absolute atomic E-state index is 0.581. The molecule has 1 aromatic rings. The van der Waals surface area contributed by atoms with E-state index < -0.39 is 0 Å². The summed E-state index contributed by atoms with van der Waals surface area (Å²) in [4.78, 5) is 0. The second-order valence-corrected chi connectivity index (χ2v) is 3.80. The molecule has 0 amide bonds. The van der Waals surface area contributed by atoms with E-state index in [0.29, 0.717) is 6.04 Å². The first-order valence-electron chi connectivity index (χ1n) is 5.59. The zero-order valence-corrected chi connectivity index (χ0v) is 9.74. The van der Waals surface area contributed by atoms with Crippen molar-refractivity contribution in [1.29, 1.82) is 0 Å². The summed E-state index contributed by atoms with van der Waals surface area (Å²) in [7, 11) is 1.97. The summed E-state index contributed by atoms with van der Waals surface area (Å²) in [5.41, 5.74) is 1.23. The topological polar surface area (TPSA) is 29.9 Å². The predicted octanol–water partition coefficient (Wildman–Crippen LogP) is 2.25. The fourth-order valence-electron chi connectivity index (χ4n) is 1.59. The molecule has 84 valence electrons. The molecule has 0 spiro atoms. The third-order valence-electron chi connectivity index (χ3n) is 2.71. The third-order valence-corrected chi connectivity index (χ3v) is 2.71. The van der Waals surface area contributed by atoms with Crippen LogP contribution >= 0.6 is 0 Å². The van der Waals surface area contributed by atoms with Crippen LogP contribution in [0.3, 0.4) is 0 Å². The molecule has 1 N–H and O–H groups in total. The van der Waals surface area contributed by atoms with Gasteiger partial charge in [-0.25, -0.2) is 0 Å². The highest BCUT2D eigenvalue weighted by Crippen LogP contribution is 2.04. The summed E-state index contributed by atoms with van der Waals surface area (Å²) in [6, 6.07) is 2.63. The van der Waals surface area contributed by atoms with E-state index in [9.17, 15) is 0 Å². The van der Waals surface area contributed by atoms with Gasteiger partial charge >= 0.3 is 0 Å². The summed E-state index contributed by atoms with van der Waals surface area (Å²) in [6.07, 6.45) is 7.22. The maximum atomic E-state index is 4.14. The number of nitrogens with zero attached hydrogens (tertiary/aromatic N) is 2. The summed E-state index contributed by atoms with van der Waals surface area (Å²) < 4.78 is 1.91. The van der Waals surface area contributed by atoms with E-state index in [2.05, 4.69) is 23.9 Å². The summed E-state index contributed by atoms with van der Waals surface area (Å²) >= 11 is 0. The lowest BCUT2D eigenvalue weighted by Gasteiger charge is -2.15. The average molecular weight is 207 g/mol. The molecule has 0 aliphatic heterocycles. The highest BCUT2D eigenvalue weighted by molar-refractivity contribution is 4.99. The van der Waals surface area contributed by atoms with Gasteiger partial charge in [0.05, 0.1) is 5.69 Å². The van der Waals surface area contributed by atoms with Crippen LogP contribution in [0.1, 0.15) is 31.9 Å². The molecule has 1 unspecified atom stereocenters. The van der Waals surface area contributed by atoms with Gasteiger partial charge in [-0.2, -0.15) is 5.10 Å². The molecular weight excluding hydrogens is 186 g/mol. The number of rotatable bonds is 7. The summed E-state index contributed by atoms with van der Waals surface area (Å²) in [5.74, 6) is 0. The fourth-order valence-corrected chi connectivity index (χ4v) is 1.59. The van der Waals surface area contributed by atoms with E-state index in [1.807, 2.05) is 30.1 Å². The maximum absolute atomic E-state index is 4.14. The van der Waals surface area contributed by atoms with Gasteiger partial charge in [0.25, 0.3) is 0 Å². The Balaban J connectivity index is 2.34. The lowest BCUT2D eigenvalue weighted by Crippen LogP contribution is -2.28. The Morgan fingerprint density at radius 2 is 2.47 bits per heavy atom. The predicted molar refractivity (Wildman–Crippen MR) is 63.6 cm³/mol. The van der Waals surface area contributed by atoms with Crippen molar-refractivity contribution in [1.82, 2.24) is 15.1 Å². The smallest absolute Gasteiger partial charge is 0.0518 e. The largest absolute Gasteiger partial charge is 0.308 e. The molecule has 3 nitrogen and oxygen atoms in total. The van der Waals surface area contributed by atoms with E-state index >= 15 is 0 Å². The first-order chi connectivity index (χ1) is 7.27. The van der Waals surface area contributed by atoms with Crippen LogP contribution < -0.4 is 5.32 Å². The van der Waals surface area contributed by atoms with Crippen LogP contribution in [0, 0.1) is 0 Å². The Kier molecular flexibility index (Phi) is 5.12. The van der Waals surface area contributed by atoms with Crippen LogP contribution in [0.15, 0.2) is 24.9 Å². The molecule has 0 bridgehead atoms. The number of hydrogen-bond donors (Lipinski definition) is 1. The summed E-state index contributed by atoms with van der Waals surface area (Å²) in [6.45, 7) is 6.86. The van der Waals surface area contributed by atoms with E-state index in [4.69, 9.17) is 0 Å². The van der Waals surface area contributed by atoms with Gasteiger partial charge in [-0.05, 0) is 25.3 Å². The molecule has 3 heteroatoms. The van der Waals surface area contributed by atoms with Crippen LogP contribution in [0.25, 0.3) is 0 Å². The second kappa shape index (κ2) is 6.40. The van der Waals surface area contributed by atoms with Gasteiger partial charge in [-0.1, -0.05) is 13.0 Å². The van der Waals surface area contributed by atoms with Crippen LogP contribution in [0.2, 0.25) is 0 Å². The molecule has 0 radical (unpaired) electrons. The Labute approximate surface area is 92.2 Å². The van der Waals surface area contributed by atoms with Crippen molar-refractivity contribution in [2.75, 3.05) is 0 Å². The molecule has 0 aliphatic carbocycles. The molecule has 0 saturated carbocycles. The Morgan fingerprint density at radius 1 is 1.67 bits per heavy atom. The zero-order valence-electron chi connectivity index (χ0n) is 9.74. The highest BCUT2D eigenvalue weighted by Gasteiger charge is 2.05. The molecule has 0 saturated heterocycles. The zero-order chi connectivity index (χ0) is 11.1. The molecule has 15 heavy (non-hydrogen) atoms. The third kappa shape index (κ3) is 3.88. The van der Waals surface area contributed by atoms with Crippen molar-refractivity contribution in [2.24, 2.45) is 7.05 Å². The van der Waals surface area contributed by atoms with Gasteiger partial charge < -0.3 is 5.32 Å². The number of nitrogens with one attached hydrogen (secondary N) is 1. The quantitative estimate of drug-likeness (QED) is 0.695. The van der Waals surface area contributed by atoms with E-state index in [1.165, 1.54) is 5.69 Å². The van der Waals surface area contributed by atoms with Gasteiger partial charge in [0, 0.05) is 25.8 Å². The molecule has 0 fully saturated rings. The van der Waals surface area contributed by atoms with Gasteiger partial charge in [0.2, 0.25) is 0 Å². The van der Waals surface area contributed by atoms with E-state index in [0.717, 1.165) is 25.8 Å². The van der Waals surface area contributed by atoms with Crippen LogP contribution in [0.5, 0.6) is 0 Å². The number of hydrogen-bond acceptors (Lipinski definition) is 2. The van der Waals surface area contributed by atoms with Crippen molar-refractivity contribution >= 4 is 0 Å². The molecular formula is C12H21N3. The van der Waals surface area contributed by atoms with Crippen molar-refractivity contribution in [3.8, 4) is 0 Å². The molecule has 0 aliphatic rings. The standard InChI is InChI=1S/C12H21N3/c1-4-6-7-11(5-2)13-10-12-8-9-14-15(12)3/h4,8-9,11,13H,1,5-7,10H2,2-3H3. The van der Waals surface area contributed by atoms with Crippen molar-refractivity contribution in [3.63, 3.8) is 0 Å². The van der Waals surface area contributed by atoms with Crippen molar-refractivity contribution in [2.45, 2.75) is 38.8 Å². The molecule has 1 rings (SSSR count). The van der Waals surface area contributed by atoms with Crippen LogP contribution in [0.4, 0.5) is 0 Å². The van der Waals surface area contributed by atoms with Gasteiger partial charge in [0.1, 0.15) is 0 Å².